The highest BCUT2D eigenvalue weighted by Crippen LogP contribution is 2.26. The summed E-state index contributed by atoms with van der Waals surface area (Å²) in [5.74, 6) is 4.45. The van der Waals surface area contributed by atoms with Crippen LogP contribution >= 0.6 is 0 Å². The molecule has 146 valence electrons. The van der Waals surface area contributed by atoms with Gasteiger partial charge in [0.2, 0.25) is 0 Å². The van der Waals surface area contributed by atoms with Crippen LogP contribution < -0.4 is 10.6 Å². The van der Waals surface area contributed by atoms with Gasteiger partial charge in [-0.05, 0) is 31.1 Å². The monoisotopic (exact) mass is 377 g/mol. The molecule has 2 heterocycles. The summed E-state index contributed by atoms with van der Waals surface area (Å²) in [5, 5.41) is 15.8. The van der Waals surface area contributed by atoms with Crippen LogP contribution in [0.25, 0.3) is 6.08 Å². The van der Waals surface area contributed by atoms with Gasteiger partial charge in [-0.3, -0.25) is 0 Å². The van der Waals surface area contributed by atoms with E-state index in [9.17, 15) is 0 Å². The normalized spacial score (nSPS) is 14.7. The van der Waals surface area contributed by atoms with Crippen LogP contribution in [0, 0.1) is 18.3 Å². The van der Waals surface area contributed by atoms with Crippen molar-refractivity contribution in [2.45, 2.75) is 38.5 Å². The standard InChI is InChI=1S/C22H27N5O/c1-2-19-15-26-22(16-23-19)27-21-12-20(18(14-25-21)10-6-7-11-28)24-13-17-8-4-3-5-9-17/h1,6,10,12,14-17,28H,3-5,7-9,11,13H2,(H2,24,25,26,27)/b10-6+. The first kappa shape index (κ1) is 19.8. The first-order chi connectivity index (χ1) is 13.8. The van der Waals surface area contributed by atoms with Crippen molar-refractivity contribution in [2.24, 2.45) is 5.92 Å². The number of aromatic nitrogens is 3. The molecule has 0 atom stereocenters. The molecule has 0 bridgehead atoms. The van der Waals surface area contributed by atoms with Crippen LogP contribution in [0.5, 0.6) is 0 Å². The van der Waals surface area contributed by atoms with Gasteiger partial charge in [0.25, 0.3) is 0 Å². The first-order valence-electron chi connectivity index (χ1n) is 9.85. The van der Waals surface area contributed by atoms with Gasteiger partial charge in [-0.15, -0.1) is 6.42 Å². The molecule has 0 radical (unpaired) electrons. The summed E-state index contributed by atoms with van der Waals surface area (Å²) in [6, 6.07) is 1.98. The summed E-state index contributed by atoms with van der Waals surface area (Å²) in [4.78, 5) is 12.9. The molecule has 2 aromatic rings. The molecule has 0 aliphatic heterocycles. The summed E-state index contributed by atoms with van der Waals surface area (Å²) in [7, 11) is 0. The molecule has 1 saturated carbocycles. The second-order valence-electron chi connectivity index (χ2n) is 7.01. The highest BCUT2D eigenvalue weighted by atomic mass is 16.2. The van der Waals surface area contributed by atoms with E-state index in [2.05, 4.69) is 31.5 Å². The molecule has 1 fully saturated rings. The Labute approximate surface area is 166 Å². The maximum atomic E-state index is 9.02. The van der Waals surface area contributed by atoms with Crippen LogP contribution in [0.2, 0.25) is 0 Å². The minimum absolute atomic E-state index is 0.140. The first-order valence-corrected chi connectivity index (χ1v) is 9.85. The quantitative estimate of drug-likeness (QED) is 0.604. The SMILES string of the molecule is C#Cc1cnc(Nc2cc(NCC3CCCCC3)c(/C=C/CCO)cn2)cn1. The van der Waals surface area contributed by atoms with Crippen molar-refractivity contribution < 1.29 is 5.11 Å². The number of nitrogens with one attached hydrogen (secondary N) is 2. The van der Waals surface area contributed by atoms with E-state index in [4.69, 9.17) is 11.5 Å². The van der Waals surface area contributed by atoms with Gasteiger partial charge in [-0.25, -0.2) is 15.0 Å². The number of pyridine rings is 1. The Morgan fingerprint density at radius 2 is 1.93 bits per heavy atom. The van der Waals surface area contributed by atoms with Crippen molar-refractivity contribution in [3.05, 3.63) is 42.0 Å². The van der Waals surface area contributed by atoms with Crippen molar-refractivity contribution in [2.75, 3.05) is 23.8 Å². The molecule has 1 aliphatic carbocycles. The molecule has 0 aromatic carbocycles. The number of aliphatic hydroxyl groups excluding tert-OH is 1. The van der Waals surface area contributed by atoms with Crippen molar-refractivity contribution in [3.63, 3.8) is 0 Å². The number of hydrogen-bond donors (Lipinski definition) is 3. The molecule has 3 rings (SSSR count). The fraction of sp³-hybridized carbons (Fsp3) is 0.409. The fourth-order valence-electron chi connectivity index (χ4n) is 3.35. The molecule has 28 heavy (non-hydrogen) atoms. The minimum atomic E-state index is 0.140. The zero-order valence-electron chi connectivity index (χ0n) is 16.1. The third-order valence-electron chi connectivity index (χ3n) is 4.89. The number of rotatable bonds is 8. The molecule has 3 N–H and O–H groups in total. The molecule has 6 heteroatoms. The average molecular weight is 377 g/mol. The highest BCUT2D eigenvalue weighted by molar-refractivity contribution is 5.70. The second-order valence-corrected chi connectivity index (χ2v) is 7.01. The Bertz CT molecular complexity index is 820. The predicted octanol–water partition coefficient (Wildman–Crippen LogP) is 3.98. The van der Waals surface area contributed by atoms with Gasteiger partial charge in [-0.1, -0.05) is 31.4 Å². The Balaban J connectivity index is 1.74. The van der Waals surface area contributed by atoms with E-state index in [-0.39, 0.29) is 6.61 Å². The van der Waals surface area contributed by atoms with Crippen molar-refractivity contribution >= 4 is 23.4 Å². The lowest BCUT2D eigenvalue weighted by molar-refractivity contribution is 0.303. The predicted molar refractivity (Wildman–Crippen MR) is 113 cm³/mol. The molecular weight excluding hydrogens is 350 g/mol. The summed E-state index contributed by atoms with van der Waals surface area (Å²) in [6.07, 6.45) is 21.5. The van der Waals surface area contributed by atoms with Crippen LogP contribution in [-0.4, -0.2) is 33.2 Å². The smallest absolute Gasteiger partial charge is 0.150 e. The number of hydrogen-bond acceptors (Lipinski definition) is 6. The van der Waals surface area contributed by atoms with E-state index >= 15 is 0 Å². The van der Waals surface area contributed by atoms with Gasteiger partial charge in [-0.2, -0.15) is 0 Å². The molecule has 1 aliphatic rings. The zero-order chi connectivity index (χ0) is 19.6. The van der Waals surface area contributed by atoms with Gasteiger partial charge in [0, 0.05) is 36.7 Å². The van der Waals surface area contributed by atoms with E-state index in [0.29, 0.717) is 23.8 Å². The lowest BCUT2D eigenvalue weighted by Crippen LogP contribution is -2.17. The third kappa shape index (κ3) is 5.80. The topological polar surface area (TPSA) is 83.0 Å². The van der Waals surface area contributed by atoms with E-state index in [1.54, 1.807) is 12.4 Å². The van der Waals surface area contributed by atoms with E-state index in [0.717, 1.165) is 23.7 Å². The second kappa shape index (κ2) is 10.4. The van der Waals surface area contributed by atoms with Crippen LogP contribution in [-0.2, 0) is 0 Å². The van der Waals surface area contributed by atoms with Crippen LogP contribution in [0.3, 0.4) is 0 Å². The van der Waals surface area contributed by atoms with Gasteiger partial charge in [0.1, 0.15) is 17.3 Å². The van der Waals surface area contributed by atoms with Crippen LogP contribution in [0.4, 0.5) is 17.3 Å². The van der Waals surface area contributed by atoms with Crippen LogP contribution in [0.15, 0.2) is 30.7 Å². The van der Waals surface area contributed by atoms with Gasteiger partial charge >= 0.3 is 0 Å². The van der Waals surface area contributed by atoms with Gasteiger partial charge in [0.15, 0.2) is 0 Å². The zero-order valence-corrected chi connectivity index (χ0v) is 16.1. The average Bonchev–Trinajstić information content (AvgIpc) is 2.75. The molecular formula is C22H27N5O. The van der Waals surface area contributed by atoms with Crippen molar-refractivity contribution in [1.29, 1.82) is 0 Å². The van der Waals surface area contributed by atoms with Gasteiger partial charge < -0.3 is 15.7 Å². The van der Waals surface area contributed by atoms with Crippen molar-refractivity contribution in [3.8, 4) is 12.3 Å². The van der Waals surface area contributed by atoms with E-state index < -0.39 is 0 Å². The number of nitrogens with zero attached hydrogens (tertiary/aromatic N) is 3. The molecule has 0 unspecified atom stereocenters. The summed E-state index contributed by atoms with van der Waals surface area (Å²) in [5.41, 5.74) is 2.52. The minimum Gasteiger partial charge on any atom is -0.396 e. The molecule has 6 nitrogen and oxygen atoms in total. The number of anilines is 3. The Kier molecular flexibility index (Phi) is 7.39. The third-order valence-corrected chi connectivity index (χ3v) is 4.89. The molecule has 2 aromatic heterocycles. The Morgan fingerprint density at radius 3 is 2.64 bits per heavy atom. The maximum Gasteiger partial charge on any atom is 0.150 e. The van der Waals surface area contributed by atoms with Gasteiger partial charge in [0.05, 0.1) is 12.4 Å². The largest absolute Gasteiger partial charge is 0.396 e. The Hall–Kier alpha value is -2.91. The molecule has 0 amide bonds. The molecule has 0 spiro atoms. The van der Waals surface area contributed by atoms with Crippen molar-refractivity contribution in [1.82, 2.24) is 15.0 Å². The number of terminal acetylenes is 1. The lowest BCUT2D eigenvalue weighted by atomic mass is 9.89. The summed E-state index contributed by atoms with van der Waals surface area (Å²) >= 11 is 0. The fourth-order valence-corrected chi connectivity index (χ4v) is 3.35. The van der Waals surface area contributed by atoms with E-state index in [1.165, 1.54) is 32.1 Å². The summed E-state index contributed by atoms with van der Waals surface area (Å²) in [6.45, 7) is 1.10. The highest BCUT2D eigenvalue weighted by Gasteiger charge is 2.14. The maximum absolute atomic E-state index is 9.02. The summed E-state index contributed by atoms with van der Waals surface area (Å²) < 4.78 is 0. The number of aliphatic hydroxyl groups is 1. The lowest BCUT2D eigenvalue weighted by Gasteiger charge is -2.23. The van der Waals surface area contributed by atoms with E-state index in [1.807, 2.05) is 24.4 Å². The molecule has 0 saturated heterocycles. The Morgan fingerprint density at radius 1 is 1.11 bits per heavy atom. The van der Waals surface area contributed by atoms with Crippen LogP contribution in [0.1, 0.15) is 49.8 Å².